The molecule has 0 radical (unpaired) electrons. The topological polar surface area (TPSA) is 111 Å². The Kier molecular flexibility index (Phi) is 7.42. The van der Waals surface area contributed by atoms with Crippen molar-refractivity contribution in [2.75, 3.05) is 23.0 Å². The number of nitrogens with one attached hydrogen (secondary N) is 2. The maximum atomic E-state index is 12.0. The van der Waals surface area contributed by atoms with Gasteiger partial charge in [0.15, 0.2) is 12.4 Å². The number of carbonyl (C=O) groups excluding carboxylic acids is 3. The van der Waals surface area contributed by atoms with Crippen molar-refractivity contribution in [3.8, 4) is 0 Å². The van der Waals surface area contributed by atoms with Gasteiger partial charge in [0.25, 0.3) is 5.91 Å². The highest BCUT2D eigenvalue weighted by atomic mass is 32.2. The average Bonchev–Trinajstić information content (AvgIpc) is 3.02. The third-order valence-electron chi connectivity index (χ3n) is 3.37. The number of ether oxygens (including phenoxy) is 1. The lowest BCUT2D eigenvalue weighted by atomic mass is 10.2. The molecular weight excluding hydrogens is 370 g/mol. The first kappa shape index (κ1) is 20.5. The van der Waals surface area contributed by atoms with Crippen molar-refractivity contribution >= 4 is 41.1 Å². The molecule has 0 unspecified atom stereocenters. The van der Waals surface area contributed by atoms with Crippen LogP contribution in [0, 0.1) is 13.8 Å². The third-order valence-corrected chi connectivity index (χ3v) is 4.48. The summed E-state index contributed by atoms with van der Waals surface area (Å²) in [5, 5.41) is 8.40. The molecule has 0 fully saturated rings. The quantitative estimate of drug-likeness (QED) is 0.665. The van der Waals surface area contributed by atoms with Crippen LogP contribution in [0.5, 0.6) is 0 Å². The number of amides is 2. The Balaban J connectivity index is 1.67. The van der Waals surface area contributed by atoms with Gasteiger partial charge in [-0.2, -0.15) is 0 Å². The molecule has 2 N–H and O–H groups in total. The fourth-order valence-electron chi connectivity index (χ4n) is 2.03. The Labute approximate surface area is 161 Å². The number of esters is 1. The van der Waals surface area contributed by atoms with E-state index in [9.17, 15) is 14.4 Å². The Bertz CT molecular complexity index is 821. The van der Waals surface area contributed by atoms with Crippen LogP contribution >= 0.6 is 11.8 Å². The number of nitrogens with zero attached hydrogens (tertiary/aromatic N) is 1. The number of aromatic nitrogens is 1. The summed E-state index contributed by atoms with van der Waals surface area (Å²) in [4.78, 5) is 35.6. The molecule has 1 atom stereocenters. The van der Waals surface area contributed by atoms with Crippen LogP contribution < -0.4 is 10.6 Å². The van der Waals surface area contributed by atoms with E-state index in [0.717, 1.165) is 17.3 Å². The van der Waals surface area contributed by atoms with Crippen LogP contribution in [0.25, 0.3) is 0 Å². The summed E-state index contributed by atoms with van der Waals surface area (Å²) in [5.41, 5.74) is 1.65. The lowest BCUT2D eigenvalue weighted by molar-refractivity contribution is -0.144. The van der Waals surface area contributed by atoms with E-state index in [2.05, 4.69) is 15.8 Å². The normalized spacial score (nSPS) is 11.5. The summed E-state index contributed by atoms with van der Waals surface area (Å²) in [6, 6.07) is 8.89. The standard InChI is InChI=1S/C18H21N3O5S/c1-11-5-4-6-14(7-11)19-16(22)9-25-17(23)10-27-13(3)18(24)20-15-8-12(2)26-21-15/h4-8,13H,9-10H2,1-3H3,(H,19,22)(H,20,21,24)/t13-/m1/s1. The first-order chi connectivity index (χ1) is 12.8. The van der Waals surface area contributed by atoms with E-state index in [-0.39, 0.29) is 18.3 Å². The van der Waals surface area contributed by atoms with E-state index in [1.54, 1.807) is 26.0 Å². The highest BCUT2D eigenvalue weighted by Crippen LogP contribution is 2.14. The second-order valence-electron chi connectivity index (χ2n) is 5.84. The molecule has 8 nitrogen and oxygen atoms in total. The molecule has 0 bridgehead atoms. The van der Waals surface area contributed by atoms with Crippen LogP contribution in [0.2, 0.25) is 0 Å². The minimum atomic E-state index is -0.573. The summed E-state index contributed by atoms with van der Waals surface area (Å²) in [6.07, 6.45) is 0. The smallest absolute Gasteiger partial charge is 0.316 e. The second-order valence-corrected chi connectivity index (χ2v) is 7.17. The molecule has 0 saturated carbocycles. The van der Waals surface area contributed by atoms with Crippen LogP contribution in [0.1, 0.15) is 18.2 Å². The van der Waals surface area contributed by atoms with E-state index < -0.39 is 17.1 Å². The molecular formula is C18H21N3O5S. The summed E-state index contributed by atoms with van der Waals surface area (Å²) in [7, 11) is 0. The Hall–Kier alpha value is -2.81. The zero-order valence-corrected chi connectivity index (χ0v) is 16.1. The van der Waals surface area contributed by atoms with E-state index in [0.29, 0.717) is 17.3 Å². The van der Waals surface area contributed by atoms with E-state index in [1.807, 2.05) is 25.1 Å². The van der Waals surface area contributed by atoms with Crippen LogP contribution in [-0.2, 0) is 19.1 Å². The largest absolute Gasteiger partial charge is 0.455 e. The van der Waals surface area contributed by atoms with Crippen molar-refractivity contribution in [3.05, 3.63) is 41.7 Å². The minimum absolute atomic E-state index is 0.0514. The fourth-order valence-corrected chi connectivity index (χ4v) is 2.71. The SMILES string of the molecule is Cc1cccc(NC(=O)COC(=O)CS[C@H](C)C(=O)Nc2cc(C)on2)c1. The zero-order valence-electron chi connectivity index (χ0n) is 15.3. The van der Waals surface area contributed by atoms with Crippen LogP contribution in [0.15, 0.2) is 34.9 Å². The summed E-state index contributed by atoms with van der Waals surface area (Å²) < 4.78 is 9.79. The zero-order chi connectivity index (χ0) is 19.8. The minimum Gasteiger partial charge on any atom is -0.455 e. The number of carbonyl (C=O) groups is 3. The molecule has 2 rings (SSSR count). The third kappa shape index (κ3) is 7.14. The molecule has 0 aliphatic rings. The summed E-state index contributed by atoms with van der Waals surface area (Å²) in [6.45, 7) is 4.90. The van der Waals surface area contributed by atoms with Gasteiger partial charge in [0.2, 0.25) is 5.91 Å². The molecule has 0 aliphatic heterocycles. The number of thioether (sulfide) groups is 1. The monoisotopic (exact) mass is 391 g/mol. The van der Waals surface area contributed by atoms with Crippen molar-refractivity contribution in [1.82, 2.24) is 5.16 Å². The molecule has 0 aliphatic carbocycles. The molecule has 0 saturated heterocycles. The van der Waals surface area contributed by atoms with Crippen molar-refractivity contribution in [1.29, 1.82) is 0 Å². The van der Waals surface area contributed by atoms with Crippen molar-refractivity contribution in [2.24, 2.45) is 0 Å². The Morgan fingerprint density at radius 3 is 2.67 bits per heavy atom. The van der Waals surface area contributed by atoms with Crippen molar-refractivity contribution < 1.29 is 23.6 Å². The van der Waals surface area contributed by atoms with Crippen molar-refractivity contribution in [3.63, 3.8) is 0 Å². The first-order valence-electron chi connectivity index (χ1n) is 8.21. The molecule has 1 aromatic heterocycles. The van der Waals surface area contributed by atoms with Gasteiger partial charge in [-0.15, -0.1) is 11.8 Å². The molecule has 2 aromatic rings. The van der Waals surface area contributed by atoms with Gasteiger partial charge in [-0.05, 0) is 38.5 Å². The highest BCUT2D eigenvalue weighted by Gasteiger charge is 2.17. The summed E-state index contributed by atoms with van der Waals surface area (Å²) >= 11 is 1.10. The van der Waals surface area contributed by atoms with Gasteiger partial charge in [-0.25, -0.2) is 0 Å². The predicted octanol–water partition coefficient (Wildman–Crippen LogP) is 2.53. The number of aryl methyl sites for hydroxylation is 2. The average molecular weight is 391 g/mol. The molecule has 27 heavy (non-hydrogen) atoms. The van der Waals surface area contributed by atoms with Crippen LogP contribution in [0.4, 0.5) is 11.5 Å². The van der Waals surface area contributed by atoms with Gasteiger partial charge in [0.1, 0.15) is 5.76 Å². The van der Waals surface area contributed by atoms with Gasteiger partial charge < -0.3 is 19.9 Å². The van der Waals surface area contributed by atoms with Crippen LogP contribution in [0.3, 0.4) is 0 Å². The predicted molar refractivity (Wildman–Crippen MR) is 103 cm³/mol. The fraction of sp³-hybridized carbons (Fsp3) is 0.333. The highest BCUT2D eigenvalue weighted by molar-refractivity contribution is 8.01. The molecule has 9 heteroatoms. The number of rotatable bonds is 8. The van der Waals surface area contributed by atoms with E-state index in [4.69, 9.17) is 9.26 Å². The molecule has 2 amide bonds. The van der Waals surface area contributed by atoms with E-state index >= 15 is 0 Å². The number of hydrogen-bond acceptors (Lipinski definition) is 7. The molecule has 144 valence electrons. The van der Waals surface area contributed by atoms with Gasteiger partial charge in [0, 0.05) is 11.8 Å². The molecule has 1 heterocycles. The van der Waals surface area contributed by atoms with Crippen LogP contribution in [-0.4, -0.2) is 40.6 Å². The maximum absolute atomic E-state index is 12.0. The lowest BCUT2D eigenvalue weighted by Gasteiger charge is -2.10. The number of hydrogen-bond donors (Lipinski definition) is 2. The Morgan fingerprint density at radius 1 is 1.22 bits per heavy atom. The van der Waals surface area contributed by atoms with Crippen molar-refractivity contribution in [2.45, 2.75) is 26.0 Å². The first-order valence-corrected chi connectivity index (χ1v) is 9.26. The molecule has 0 spiro atoms. The van der Waals surface area contributed by atoms with Gasteiger partial charge in [-0.3, -0.25) is 14.4 Å². The lowest BCUT2D eigenvalue weighted by Crippen LogP contribution is -2.25. The maximum Gasteiger partial charge on any atom is 0.316 e. The molecule has 1 aromatic carbocycles. The van der Waals surface area contributed by atoms with Gasteiger partial charge >= 0.3 is 5.97 Å². The summed E-state index contributed by atoms with van der Waals surface area (Å²) in [5.74, 6) is -0.455. The Morgan fingerprint density at radius 2 is 2.00 bits per heavy atom. The van der Waals surface area contributed by atoms with Gasteiger partial charge in [-0.1, -0.05) is 17.3 Å². The second kappa shape index (κ2) is 9.77. The van der Waals surface area contributed by atoms with Gasteiger partial charge in [0.05, 0.1) is 11.0 Å². The van der Waals surface area contributed by atoms with E-state index in [1.165, 1.54) is 0 Å². The number of anilines is 2. The number of benzene rings is 1.